The molecule has 0 saturated carbocycles. The van der Waals surface area contributed by atoms with Gasteiger partial charge in [-0.25, -0.2) is 0 Å². The first kappa shape index (κ1) is 17.8. The number of hydrogen-bond donors (Lipinski definition) is 1. The highest BCUT2D eigenvalue weighted by atomic mass is 79.9. The highest BCUT2D eigenvalue weighted by Gasteiger charge is 2.23. The van der Waals surface area contributed by atoms with Crippen molar-refractivity contribution in [1.82, 2.24) is 14.8 Å². The molecule has 5 nitrogen and oxygen atoms in total. The lowest BCUT2D eigenvalue weighted by molar-refractivity contribution is 0.0623. The van der Waals surface area contributed by atoms with E-state index < -0.39 is 0 Å². The number of benzene rings is 2. The Morgan fingerprint density at radius 3 is 2.52 bits per heavy atom. The Bertz CT molecular complexity index is 1010. The van der Waals surface area contributed by atoms with E-state index in [-0.39, 0.29) is 5.91 Å². The lowest BCUT2D eigenvalue weighted by atomic mass is 10.1. The lowest BCUT2D eigenvalue weighted by Gasteiger charge is -2.34. The molecule has 27 heavy (non-hydrogen) atoms. The van der Waals surface area contributed by atoms with Gasteiger partial charge >= 0.3 is 0 Å². The Morgan fingerprint density at radius 2 is 1.81 bits per heavy atom. The summed E-state index contributed by atoms with van der Waals surface area (Å²) < 4.78 is 0.993. The van der Waals surface area contributed by atoms with Crippen LogP contribution >= 0.6 is 15.9 Å². The van der Waals surface area contributed by atoms with Crippen LogP contribution in [0.2, 0.25) is 0 Å². The van der Waals surface area contributed by atoms with Crippen molar-refractivity contribution in [2.45, 2.75) is 6.54 Å². The van der Waals surface area contributed by atoms with Crippen molar-refractivity contribution in [3.05, 3.63) is 69.8 Å². The van der Waals surface area contributed by atoms with Crippen LogP contribution in [-0.4, -0.2) is 46.9 Å². The summed E-state index contributed by atoms with van der Waals surface area (Å²) in [4.78, 5) is 20.3. The maximum Gasteiger partial charge on any atom is 0.270 e. The van der Waals surface area contributed by atoms with E-state index in [2.05, 4.69) is 31.9 Å². The average molecular weight is 423 g/mol. The van der Waals surface area contributed by atoms with Gasteiger partial charge in [0.25, 0.3) is 5.91 Å². The van der Waals surface area contributed by atoms with E-state index in [1.54, 1.807) is 0 Å². The van der Waals surface area contributed by atoms with Crippen LogP contribution < -0.4 is 0 Å². The van der Waals surface area contributed by atoms with Crippen LogP contribution in [-0.2, 0) is 6.54 Å². The van der Waals surface area contributed by atoms with Crippen molar-refractivity contribution in [3.8, 4) is 6.07 Å². The number of nitrogens with zero attached hydrogens (tertiary/aromatic N) is 3. The maximum absolute atomic E-state index is 12.8. The summed E-state index contributed by atoms with van der Waals surface area (Å²) >= 11 is 3.46. The van der Waals surface area contributed by atoms with E-state index in [1.165, 1.54) is 5.56 Å². The molecule has 1 aromatic heterocycles. The van der Waals surface area contributed by atoms with Crippen LogP contribution in [0.15, 0.2) is 53.0 Å². The third kappa shape index (κ3) is 3.90. The Balaban J connectivity index is 1.37. The molecule has 6 heteroatoms. The van der Waals surface area contributed by atoms with Crippen molar-refractivity contribution < 1.29 is 4.79 Å². The predicted octanol–water partition coefficient (Wildman–Crippen LogP) is 3.76. The van der Waals surface area contributed by atoms with Crippen molar-refractivity contribution in [3.63, 3.8) is 0 Å². The number of nitriles is 1. The third-order valence-electron chi connectivity index (χ3n) is 4.96. The lowest BCUT2D eigenvalue weighted by Crippen LogP contribution is -2.48. The monoisotopic (exact) mass is 422 g/mol. The summed E-state index contributed by atoms with van der Waals surface area (Å²) in [5.41, 5.74) is 3.48. The van der Waals surface area contributed by atoms with E-state index in [4.69, 9.17) is 5.26 Å². The summed E-state index contributed by atoms with van der Waals surface area (Å²) in [6.45, 7) is 3.96. The zero-order valence-electron chi connectivity index (χ0n) is 14.8. The SMILES string of the molecule is N#Cc1ccc(CN2CCN(C(=O)c3cc4ccc(Br)cc4[nH]3)CC2)cc1. The molecule has 0 spiro atoms. The number of nitrogens with one attached hydrogen (secondary N) is 1. The molecule has 1 fully saturated rings. The Kier molecular flexibility index (Phi) is 4.97. The van der Waals surface area contributed by atoms with Gasteiger partial charge in [-0.1, -0.05) is 34.1 Å². The zero-order valence-corrected chi connectivity index (χ0v) is 16.4. The molecule has 1 N–H and O–H groups in total. The van der Waals surface area contributed by atoms with Crippen molar-refractivity contribution in [2.24, 2.45) is 0 Å². The van der Waals surface area contributed by atoms with Crippen molar-refractivity contribution >= 4 is 32.7 Å². The molecular formula is C21H19BrN4O. The summed E-state index contributed by atoms with van der Waals surface area (Å²) in [7, 11) is 0. The Labute approximate surface area is 166 Å². The van der Waals surface area contributed by atoms with Crippen molar-refractivity contribution in [2.75, 3.05) is 26.2 Å². The Hall–Kier alpha value is -2.62. The summed E-state index contributed by atoms with van der Waals surface area (Å²) in [5.74, 6) is 0.0559. The molecule has 0 unspecified atom stereocenters. The van der Waals surface area contributed by atoms with Crippen LogP contribution in [0, 0.1) is 11.3 Å². The minimum atomic E-state index is 0.0559. The van der Waals surface area contributed by atoms with Gasteiger partial charge in [0, 0.05) is 48.1 Å². The number of fused-ring (bicyclic) bond motifs is 1. The molecule has 0 atom stereocenters. The minimum absolute atomic E-state index is 0.0559. The number of carbonyl (C=O) groups is 1. The summed E-state index contributed by atoms with van der Waals surface area (Å²) in [6.07, 6.45) is 0. The maximum atomic E-state index is 12.8. The second kappa shape index (κ2) is 7.55. The quantitative estimate of drug-likeness (QED) is 0.698. The van der Waals surface area contributed by atoms with Crippen LogP contribution in [0.3, 0.4) is 0 Å². The second-order valence-electron chi connectivity index (χ2n) is 6.79. The molecule has 1 aliphatic rings. The van der Waals surface area contributed by atoms with E-state index in [9.17, 15) is 4.79 Å². The standard InChI is InChI=1S/C21H19BrN4O/c22-18-6-5-17-11-20(24-19(17)12-18)21(27)26-9-7-25(8-10-26)14-16-3-1-15(13-23)2-4-16/h1-6,11-12,24H,7-10,14H2. The molecule has 0 radical (unpaired) electrons. The van der Waals surface area contributed by atoms with Crippen molar-refractivity contribution in [1.29, 1.82) is 5.26 Å². The number of halogens is 1. The third-order valence-corrected chi connectivity index (χ3v) is 5.46. The van der Waals surface area contributed by atoms with Gasteiger partial charge in [0.2, 0.25) is 0 Å². The van der Waals surface area contributed by atoms with Crippen LogP contribution in [0.5, 0.6) is 0 Å². The fraction of sp³-hybridized carbons (Fsp3) is 0.238. The number of rotatable bonds is 3. The first-order chi connectivity index (χ1) is 13.1. The number of H-pyrrole nitrogens is 1. The highest BCUT2D eigenvalue weighted by molar-refractivity contribution is 9.10. The Morgan fingerprint density at radius 1 is 1.07 bits per heavy atom. The second-order valence-corrected chi connectivity index (χ2v) is 7.71. The van der Waals surface area contributed by atoms with E-state index in [0.29, 0.717) is 24.3 Å². The summed E-state index contributed by atoms with van der Waals surface area (Å²) in [6, 6.07) is 17.7. The van der Waals surface area contributed by atoms with E-state index >= 15 is 0 Å². The van der Waals surface area contributed by atoms with E-state index in [0.717, 1.165) is 35.0 Å². The molecule has 1 amide bonds. The zero-order chi connectivity index (χ0) is 18.8. The first-order valence-electron chi connectivity index (χ1n) is 8.91. The number of piperazine rings is 1. The van der Waals surface area contributed by atoms with Gasteiger partial charge < -0.3 is 9.88 Å². The minimum Gasteiger partial charge on any atom is -0.350 e. The molecule has 0 bridgehead atoms. The molecule has 2 heterocycles. The number of aromatic nitrogens is 1. The number of amides is 1. The largest absolute Gasteiger partial charge is 0.350 e. The fourth-order valence-corrected chi connectivity index (χ4v) is 3.80. The average Bonchev–Trinajstić information content (AvgIpc) is 3.12. The van der Waals surface area contributed by atoms with Gasteiger partial charge in [0.1, 0.15) is 5.69 Å². The van der Waals surface area contributed by atoms with Gasteiger partial charge in [-0.15, -0.1) is 0 Å². The number of aromatic amines is 1. The molecule has 0 aliphatic carbocycles. The molecule has 1 saturated heterocycles. The molecular weight excluding hydrogens is 404 g/mol. The van der Waals surface area contributed by atoms with Crippen LogP contribution in [0.1, 0.15) is 21.6 Å². The summed E-state index contributed by atoms with van der Waals surface area (Å²) in [5, 5.41) is 9.92. The number of hydrogen-bond acceptors (Lipinski definition) is 3. The smallest absolute Gasteiger partial charge is 0.270 e. The number of carbonyl (C=O) groups excluding carboxylic acids is 1. The fourth-order valence-electron chi connectivity index (χ4n) is 3.44. The van der Waals surface area contributed by atoms with Crippen LogP contribution in [0.25, 0.3) is 10.9 Å². The van der Waals surface area contributed by atoms with Gasteiger partial charge in [0.15, 0.2) is 0 Å². The molecule has 1 aliphatic heterocycles. The normalized spacial score (nSPS) is 15.0. The molecule has 2 aromatic carbocycles. The first-order valence-corrected chi connectivity index (χ1v) is 9.70. The van der Waals surface area contributed by atoms with E-state index in [1.807, 2.05) is 53.4 Å². The predicted molar refractivity (Wildman–Crippen MR) is 108 cm³/mol. The van der Waals surface area contributed by atoms with Gasteiger partial charge in [-0.2, -0.15) is 5.26 Å². The van der Waals surface area contributed by atoms with Gasteiger partial charge in [-0.05, 0) is 35.9 Å². The molecule has 4 rings (SSSR count). The van der Waals surface area contributed by atoms with Gasteiger partial charge in [-0.3, -0.25) is 9.69 Å². The topological polar surface area (TPSA) is 63.1 Å². The van der Waals surface area contributed by atoms with Gasteiger partial charge in [0.05, 0.1) is 11.6 Å². The molecule has 136 valence electrons. The van der Waals surface area contributed by atoms with Crippen LogP contribution in [0.4, 0.5) is 0 Å². The molecule has 3 aromatic rings. The highest BCUT2D eigenvalue weighted by Crippen LogP contribution is 2.21.